The van der Waals surface area contributed by atoms with E-state index in [0.29, 0.717) is 10.8 Å². The fourth-order valence-electron chi connectivity index (χ4n) is 1.99. The van der Waals surface area contributed by atoms with Crippen LogP contribution in [0.4, 0.5) is 0 Å². The second-order valence-corrected chi connectivity index (χ2v) is 8.77. The van der Waals surface area contributed by atoms with E-state index in [-0.39, 0.29) is 0 Å². The summed E-state index contributed by atoms with van der Waals surface area (Å²) in [5.41, 5.74) is 1.39. The molecule has 0 spiro atoms. The predicted octanol–water partition coefficient (Wildman–Crippen LogP) is 3.68. The number of halogens is 1. The number of rotatable bonds is 5. The Morgan fingerprint density at radius 1 is 1.33 bits per heavy atom. The molecule has 0 radical (unpaired) electrons. The standard InChI is InChI=1S/C12H16BrNO2S2/c13-11-6-7-12(17-11)18(15,16)14-9-8-10-4-2-1-3-5-10/h4,6-7,14H,1-3,5,8-9H2. The minimum atomic E-state index is -3.33. The number of sulfonamides is 1. The van der Waals surface area contributed by atoms with Gasteiger partial charge in [-0.25, -0.2) is 13.1 Å². The molecule has 1 N–H and O–H groups in total. The van der Waals surface area contributed by atoms with Crippen molar-refractivity contribution in [3.63, 3.8) is 0 Å². The zero-order valence-corrected chi connectivity index (χ0v) is 13.2. The average Bonchev–Trinajstić information content (AvgIpc) is 2.78. The molecule has 1 aliphatic carbocycles. The first kappa shape index (κ1) is 14.2. The summed E-state index contributed by atoms with van der Waals surface area (Å²) in [6.07, 6.45) is 7.83. The summed E-state index contributed by atoms with van der Waals surface area (Å²) in [6.45, 7) is 0.490. The van der Waals surface area contributed by atoms with Crippen molar-refractivity contribution in [3.8, 4) is 0 Å². The Morgan fingerprint density at radius 3 is 2.78 bits per heavy atom. The third-order valence-corrected chi connectivity index (χ3v) is 6.51. The first-order valence-electron chi connectivity index (χ1n) is 6.01. The Bertz CT molecular complexity index is 534. The van der Waals surface area contributed by atoms with E-state index in [1.807, 2.05) is 0 Å². The van der Waals surface area contributed by atoms with Crippen LogP contribution in [0.3, 0.4) is 0 Å². The molecule has 0 amide bonds. The first-order chi connectivity index (χ1) is 8.58. The fourth-order valence-corrected chi connectivity index (χ4v) is 5.08. The van der Waals surface area contributed by atoms with E-state index >= 15 is 0 Å². The first-order valence-corrected chi connectivity index (χ1v) is 9.10. The quantitative estimate of drug-likeness (QED) is 0.824. The molecule has 3 nitrogen and oxygen atoms in total. The largest absolute Gasteiger partial charge is 0.250 e. The van der Waals surface area contributed by atoms with E-state index in [1.165, 1.54) is 29.8 Å². The minimum Gasteiger partial charge on any atom is -0.210 e. The molecule has 0 saturated carbocycles. The fraction of sp³-hybridized carbons (Fsp3) is 0.500. The Balaban J connectivity index is 1.87. The van der Waals surface area contributed by atoms with E-state index in [1.54, 1.807) is 12.1 Å². The predicted molar refractivity (Wildman–Crippen MR) is 78.4 cm³/mol. The van der Waals surface area contributed by atoms with Gasteiger partial charge in [-0.1, -0.05) is 11.6 Å². The van der Waals surface area contributed by atoms with Gasteiger partial charge >= 0.3 is 0 Å². The zero-order valence-electron chi connectivity index (χ0n) is 9.99. The highest BCUT2D eigenvalue weighted by atomic mass is 79.9. The lowest BCUT2D eigenvalue weighted by Gasteiger charge is -2.12. The average molecular weight is 350 g/mol. The van der Waals surface area contributed by atoms with Gasteiger partial charge in [0.05, 0.1) is 3.79 Å². The molecule has 0 fully saturated rings. The van der Waals surface area contributed by atoms with Gasteiger partial charge in [-0.15, -0.1) is 11.3 Å². The number of nitrogens with one attached hydrogen (secondary N) is 1. The van der Waals surface area contributed by atoms with Crippen molar-refractivity contribution in [1.29, 1.82) is 0 Å². The highest BCUT2D eigenvalue weighted by Crippen LogP contribution is 2.26. The molecule has 0 aromatic carbocycles. The van der Waals surface area contributed by atoms with Gasteiger partial charge in [0.1, 0.15) is 4.21 Å². The highest BCUT2D eigenvalue weighted by Gasteiger charge is 2.16. The normalized spacial score (nSPS) is 16.6. The van der Waals surface area contributed by atoms with Crippen LogP contribution in [0.5, 0.6) is 0 Å². The van der Waals surface area contributed by atoms with Crippen molar-refractivity contribution in [2.45, 2.75) is 36.3 Å². The van der Waals surface area contributed by atoms with Crippen LogP contribution in [-0.2, 0) is 10.0 Å². The van der Waals surface area contributed by atoms with E-state index < -0.39 is 10.0 Å². The molecule has 0 atom stereocenters. The summed E-state index contributed by atoms with van der Waals surface area (Å²) in [5, 5.41) is 0. The highest BCUT2D eigenvalue weighted by molar-refractivity contribution is 9.11. The maximum absolute atomic E-state index is 11.9. The summed E-state index contributed by atoms with van der Waals surface area (Å²) in [7, 11) is -3.33. The van der Waals surface area contributed by atoms with Crippen LogP contribution in [0.1, 0.15) is 32.1 Å². The van der Waals surface area contributed by atoms with Crippen molar-refractivity contribution in [2.75, 3.05) is 6.54 Å². The summed E-state index contributed by atoms with van der Waals surface area (Å²) in [5.74, 6) is 0. The Kier molecular flexibility index (Phi) is 5.00. The van der Waals surface area contributed by atoms with Gasteiger partial charge in [0.2, 0.25) is 10.0 Å². The molecule has 100 valence electrons. The smallest absolute Gasteiger partial charge is 0.210 e. The van der Waals surface area contributed by atoms with Crippen LogP contribution in [-0.4, -0.2) is 15.0 Å². The van der Waals surface area contributed by atoms with Gasteiger partial charge in [-0.05, 0) is 60.2 Å². The van der Waals surface area contributed by atoms with Crippen molar-refractivity contribution in [1.82, 2.24) is 4.72 Å². The van der Waals surface area contributed by atoms with Crippen LogP contribution >= 0.6 is 27.3 Å². The number of hydrogen-bond donors (Lipinski definition) is 1. The second-order valence-electron chi connectivity index (χ2n) is 4.31. The van der Waals surface area contributed by atoms with Crippen molar-refractivity contribution < 1.29 is 8.42 Å². The molecule has 1 aromatic heterocycles. The molecular formula is C12H16BrNO2S2. The van der Waals surface area contributed by atoms with Gasteiger partial charge in [0, 0.05) is 6.54 Å². The lowest BCUT2D eigenvalue weighted by atomic mass is 9.97. The van der Waals surface area contributed by atoms with E-state index in [2.05, 4.69) is 26.7 Å². The van der Waals surface area contributed by atoms with Gasteiger partial charge in [-0.3, -0.25) is 0 Å². The van der Waals surface area contributed by atoms with Gasteiger partial charge in [0.25, 0.3) is 0 Å². The summed E-state index contributed by atoms with van der Waals surface area (Å²) < 4.78 is 27.7. The van der Waals surface area contributed by atoms with Gasteiger partial charge in [-0.2, -0.15) is 0 Å². The maximum Gasteiger partial charge on any atom is 0.250 e. The lowest BCUT2D eigenvalue weighted by molar-refractivity contribution is 0.581. The monoisotopic (exact) mass is 349 g/mol. The van der Waals surface area contributed by atoms with Crippen LogP contribution in [0.15, 0.2) is 31.8 Å². The molecule has 1 aromatic rings. The minimum absolute atomic E-state index is 0.368. The molecular weight excluding hydrogens is 334 g/mol. The maximum atomic E-state index is 11.9. The lowest BCUT2D eigenvalue weighted by Crippen LogP contribution is -2.24. The molecule has 6 heteroatoms. The Morgan fingerprint density at radius 2 is 2.17 bits per heavy atom. The van der Waals surface area contributed by atoms with Crippen LogP contribution in [0.25, 0.3) is 0 Å². The van der Waals surface area contributed by atoms with Gasteiger partial charge < -0.3 is 0 Å². The molecule has 1 aliphatic rings. The summed E-state index contributed by atoms with van der Waals surface area (Å²) in [4.78, 5) is 0. The molecule has 0 saturated heterocycles. The van der Waals surface area contributed by atoms with Gasteiger partial charge in [0.15, 0.2) is 0 Å². The van der Waals surface area contributed by atoms with Crippen molar-refractivity contribution >= 4 is 37.3 Å². The summed E-state index contributed by atoms with van der Waals surface area (Å²) in [6, 6.07) is 3.37. The topological polar surface area (TPSA) is 46.2 Å². The second kappa shape index (κ2) is 6.32. The zero-order chi connectivity index (χ0) is 13.0. The molecule has 0 unspecified atom stereocenters. The third-order valence-electron chi connectivity index (χ3n) is 2.94. The molecule has 0 aliphatic heterocycles. The molecule has 1 heterocycles. The Labute approximate surface area is 120 Å². The van der Waals surface area contributed by atoms with Crippen LogP contribution in [0.2, 0.25) is 0 Å². The third kappa shape index (κ3) is 3.91. The van der Waals surface area contributed by atoms with E-state index in [4.69, 9.17) is 0 Å². The van der Waals surface area contributed by atoms with E-state index in [0.717, 1.165) is 23.0 Å². The number of hydrogen-bond acceptors (Lipinski definition) is 3. The van der Waals surface area contributed by atoms with Crippen molar-refractivity contribution in [3.05, 3.63) is 27.6 Å². The number of allylic oxidation sites excluding steroid dienone is 1. The number of thiophene rings is 1. The molecule has 2 rings (SSSR count). The molecule has 18 heavy (non-hydrogen) atoms. The van der Waals surface area contributed by atoms with Crippen LogP contribution < -0.4 is 4.72 Å². The summed E-state index contributed by atoms with van der Waals surface area (Å²) >= 11 is 4.50. The van der Waals surface area contributed by atoms with Crippen molar-refractivity contribution in [2.24, 2.45) is 0 Å². The SMILES string of the molecule is O=S(=O)(NCCC1=CCCCC1)c1ccc(Br)s1. The van der Waals surface area contributed by atoms with E-state index in [9.17, 15) is 8.42 Å². The van der Waals surface area contributed by atoms with Crippen LogP contribution in [0, 0.1) is 0 Å². The Hall–Kier alpha value is -0.170. The molecule has 0 bridgehead atoms.